The van der Waals surface area contributed by atoms with E-state index in [1.165, 1.54) is 12.3 Å². The van der Waals surface area contributed by atoms with Crippen molar-refractivity contribution in [3.63, 3.8) is 0 Å². The van der Waals surface area contributed by atoms with E-state index in [1.807, 2.05) is 25.1 Å². The van der Waals surface area contributed by atoms with Crippen LogP contribution >= 0.6 is 0 Å². The van der Waals surface area contributed by atoms with Crippen molar-refractivity contribution < 1.29 is 9.52 Å². The molecular formula is C21H18O3. The van der Waals surface area contributed by atoms with Gasteiger partial charge in [-0.15, -0.1) is 0 Å². The Bertz CT molecular complexity index is 1010. The molecule has 0 radical (unpaired) electrons. The Morgan fingerprint density at radius 2 is 1.88 bits per heavy atom. The summed E-state index contributed by atoms with van der Waals surface area (Å²) in [4.78, 5) is 12.9. The number of rotatable bonds is 4. The Morgan fingerprint density at radius 3 is 2.54 bits per heavy atom. The average Bonchev–Trinajstić information content (AvgIpc) is 2.61. The van der Waals surface area contributed by atoms with Crippen molar-refractivity contribution in [2.24, 2.45) is 0 Å². The van der Waals surface area contributed by atoms with Crippen LogP contribution in [0.5, 0.6) is 5.75 Å². The van der Waals surface area contributed by atoms with Crippen molar-refractivity contribution in [1.82, 2.24) is 0 Å². The van der Waals surface area contributed by atoms with E-state index in [0.717, 1.165) is 22.3 Å². The molecule has 0 fully saturated rings. The molecule has 0 amide bonds. The van der Waals surface area contributed by atoms with E-state index in [9.17, 15) is 9.90 Å². The van der Waals surface area contributed by atoms with E-state index in [1.54, 1.807) is 18.2 Å². The van der Waals surface area contributed by atoms with Crippen LogP contribution in [-0.4, -0.2) is 5.11 Å². The molecule has 1 heterocycles. The quantitative estimate of drug-likeness (QED) is 0.735. The zero-order valence-electron chi connectivity index (χ0n) is 13.5. The molecule has 3 nitrogen and oxygen atoms in total. The second-order valence-corrected chi connectivity index (χ2v) is 5.56. The van der Waals surface area contributed by atoms with Crippen LogP contribution in [0.3, 0.4) is 0 Å². The summed E-state index contributed by atoms with van der Waals surface area (Å²) in [6.07, 6.45) is 5.56. The van der Waals surface area contributed by atoms with Crippen LogP contribution in [0.2, 0.25) is 0 Å². The van der Waals surface area contributed by atoms with Crippen molar-refractivity contribution in [1.29, 1.82) is 0 Å². The van der Waals surface area contributed by atoms with Crippen LogP contribution in [0.25, 0.3) is 34.2 Å². The minimum absolute atomic E-state index is 0.118. The van der Waals surface area contributed by atoms with E-state index in [0.29, 0.717) is 23.0 Å². The fourth-order valence-corrected chi connectivity index (χ4v) is 2.80. The second kappa shape index (κ2) is 6.20. The van der Waals surface area contributed by atoms with Gasteiger partial charge in [0.25, 0.3) is 0 Å². The first-order chi connectivity index (χ1) is 11.6. The molecule has 0 unspecified atom stereocenters. The van der Waals surface area contributed by atoms with Crippen molar-refractivity contribution in [3.8, 4) is 16.9 Å². The first-order valence-corrected chi connectivity index (χ1v) is 7.75. The summed E-state index contributed by atoms with van der Waals surface area (Å²) >= 11 is 0. The first-order valence-electron chi connectivity index (χ1n) is 7.75. The monoisotopic (exact) mass is 318 g/mol. The summed E-state index contributed by atoms with van der Waals surface area (Å²) in [5, 5.41) is 10.4. The summed E-state index contributed by atoms with van der Waals surface area (Å²) in [6.45, 7) is 9.51. The largest absolute Gasteiger partial charge is 0.508 e. The topological polar surface area (TPSA) is 50.4 Å². The number of phenols is 1. The normalized spacial score (nSPS) is 10.7. The molecule has 0 saturated heterocycles. The highest BCUT2D eigenvalue weighted by atomic mass is 16.3. The SMILES string of the molecule is C=Cc1ccc(-c2coc3cc(O)c(CC)cc3c2=O)cc1C=C. The van der Waals surface area contributed by atoms with Gasteiger partial charge in [-0.2, -0.15) is 0 Å². The molecule has 2 aromatic carbocycles. The number of hydrogen-bond acceptors (Lipinski definition) is 3. The molecule has 3 heteroatoms. The molecule has 0 aliphatic carbocycles. The summed E-state index contributed by atoms with van der Waals surface area (Å²) in [5.41, 5.74) is 4.09. The Morgan fingerprint density at radius 1 is 1.12 bits per heavy atom. The van der Waals surface area contributed by atoms with Crippen LogP contribution < -0.4 is 5.43 Å². The molecule has 0 saturated carbocycles. The van der Waals surface area contributed by atoms with Crippen LogP contribution in [0.15, 0.2) is 59.0 Å². The predicted molar refractivity (Wildman–Crippen MR) is 99.1 cm³/mol. The lowest BCUT2D eigenvalue weighted by Gasteiger charge is -2.08. The Kier molecular flexibility index (Phi) is 4.09. The Hall–Kier alpha value is -3.07. The van der Waals surface area contributed by atoms with Crippen molar-refractivity contribution in [2.45, 2.75) is 13.3 Å². The fourth-order valence-electron chi connectivity index (χ4n) is 2.80. The van der Waals surface area contributed by atoms with Crippen LogP contribution in [-0.2, 0) is 6.42 Å². The van der Waals surface area contributed by atoms with E-state index < -0.39 is 0 Å². The van der Waals surface area contributed by atoms with Crippen LogP contribution in [0.4, 0.5) is 0 Å². The second-order valence-electron chi connectivity index (χ2n) is 5.56. The third kappa shape index (κ3) is 2.54. The van der Waals surface area contributed by atoms with Crippen molar-refractivity contribution in [2.75, 3.05) is 0 Å². The summed E-state index contributed by atoms with van der Waals surface area (Å²) < 4.78 is 5.58. The zero-order chi connectivity index (χ0) is 17.3. The molecule has 1 N–H and O–H groups in total. The molecule has 0 aliphatic rings. The van der Waals surface area contributed by atoms with Gasteiger partial charge in [-0.05, 0) is 40.8 Å². The molecule has 0 aliphatic heterocycles. The molecule has 0 spiro atoms. The van der Waals surface area contributed by atoms with Crippen LogP contribution in [0, 0.1) is 0 Å². The molecule has 0 atom stereocenters. The number of aryl methyl sites for hydroxylation is 1. The smallest absolute Gasteiger partial charge is 0.200 e. The van der Waals surface area contributed by atoms with Crippen molar-refractivity contribution >= 4 is 23.1 Å². The third-order valence-electron chi connectivity index (χ3n) is 4.19. The molecular weight excluding hydrogens is 300 g/mol. The zero-order valence-corrected chi connectivity index (χ0v) is 13.5. The predicted octanol–water partition coefficient (Wildman–Crippen LogP) is 5.01. The van der Waals surface area contributed by atoms with Gasteiger partial charge in [-0.3, -0.25) is 4.79 Å². The molecule has 120 valence electrons. The lowest BCUT2D eigenvalue weighted by molar-refractivity contribution is 0.467. The lowest BCUT2D eigenvalue weighted by Crippen LogP contribution is -2.05. The van der Waals surface area contributed by atoms with Crippen molar-refractivity contribution in [3.05, 3.63) is 76.7 Å². The maximum Gasteiger partial charge on any atom is 0.200 e. The molecule has 24 heavy (non-hydrogen) atoms. The number of benzene rings is 2. The molecule has 1 aromatic heterocycles. The summed E-state index contributed by atoms with van der Waals surface area (Å²) in [6, 6.07) is 8.85. The van der Waals surface area contributed by atoms with Gasteiger partial charge >= 0.3 is 0 Å². The number of aromatic hydroxyl groups is 1. The maximum atomic E-state index is 12.9. The minimum atomic E-state index is -0.118. The highest BCUT2D eigenvalue weighted by Crippen LogP contribution is 2.27. The lowest BCUT2D eigenvalue weighted by atomic mass is 9.98. The first kappa shape index (κ1) is 15.8. The highest BCUT2D eigenvalue weighted by molar-refractivity contribution is 5.84. The minimum Gasteiger partial charge on any atom is -0.508 e. The Labute approximate surface area is 140 Å². The molecule has 0 bridgehead atoms. The van der Waals surface area contributed by atoms with E-state index in [4.69, 9.17) is 4.42 Å². The van der Waals surface area contributed by atoms with Gasteiger partial charge in [-0.25, -0.2) is 0 Å². The summed E-state index contributed by atoms with van der Waals surface area (Å²) in [5.74, 6) is 0.144. The van der Waals surface area contributed by atoms with Gasteiger partial charge in [0, 0.05) is 6.07 Å². The van der Waals surface area contributed by atoms with Gasteiger partial charge in [0.2, 0.25) is 5.43 Å². The maximum absolute atomic E-state index is 12.9. The van der Waals surface area contributed by atoms with Gasteiger partial charge < -0.3 is 9.52 Å². The Balaban J connectivity index is 2.26. The number of hydrogen-bond donors (Lipinski definition) is 1. The summed E-state index contributed by atoms with van der Waals surface area (Å²) in [7, 11) is 0. The molecule has 3 rings (SSSR count). The van der Waals surface area contributed by atoms with Gasteiger partial charge in [0.05, 0.1) is 10.9 Å². The average molecular weight is 318 g/mol. The van der Waals surface area contributed by atoms with E-state index in [-0.39, 0.29) is 11.2 Å². The van der Waals surface area contributed by atoms with E-state index in [2.05, 4.69) is 13.2 Å². The fraction of sp³-hybridized carbons (Fsp3) is 0.0952. The number of phenolic OH excluding ortho intramolecular Hbond substituents is 1. The van der Waals surface area contributed by atoms with Gasteiger partial charge in [0.1, 0.15) is 17.6 Å². The van der Waals surface area contributed by atoms with Gasteiger partial charge in [-0.1, -0.05) is 44.4 Å². The standard InChI is InChI=1S/C21H18O3/c1-4-13-7-8-16(9-14(13)5-2)18-12-24-20-11-19(22)15(6-3)10-17(20)21(18)23/h4-5,7-12,22H,1-2,6H2,3H3. The molecule has 3 aromatic rings. The number of fused-ring (bicyclic) bond motifs is 1. The van der Waals surface area contributed by atoms with E-state index >= 15 is 0 Å². The highest BCUT2D eigenvalue weighted by Gasteiger charge is 2.12. The van der Waals surface area contributed by atoms with Crippen LogP contribution in [0.1, 0.15) is 23.6 Å². The third-order valence-corrected chi connectivity index (χ3v) is 4.19. The van der Waals surface area contributed by atoms with Gasteiger partial charge in [0.15, 0.2) is 0 Å².